The molecule has 2 amide bonds. The molecule has 120 valence electrons. The van der Waals surface area contributed by atoms with Crippen molar-refractivity contribution >= 4 is 23.6 Å². The Hall–Kier alpha value is -1.49. The topological polar surface area (TPSA) is 49.4 Å². The van der Waals surface area contributed by atoms with Crippen molar-refractivity contribution in [1.82, 2.24) is 10.2 Å². The van der Waals surface area contributed by atoms with Gasteiger partial charge in [0.1, 0.15) is 0 Å². The molecule has 0 radical (unpaired) electrons. The lowest BCUT2D eigenvalue weighted by Gasteiger charge is -2.11. The van der Waals surface area contributed by atoms with Crippen molar-refractivity contribution in [2.75, 3.05) is 25.9 Å². The van der Waals surface area contributed by atoms with Gasteiger partial charge in [0.2, 0.25) is 11.8 Å². The molecule has 0 bridgehead atoms. The fraction of sp³-hybridized carbons (Fsp3) is 0.529. The fourth-order valence-electron chi connectivity index (χ4n) is 2.56. The third kappa shape index (κ3) is 5.05. The minimum atomic E-state index is -0.169. The van der Waals surface area contributed by atoms with Crippen LogP contribution in [0.5, 0.6) is 0 Å². The molecule has 0 unspecified atom stereocenters. The normalized spacial score (nSPS) is 17.8. The van der Waals surface area contributed by atoms with Gasteiger partial charge in [0.25, 0.3) is 0 Å². The van der Waals surface area contributed by atoms with E-state index in [9.17, 15) is 9.59 Å². The lowest BCUT2D eigenvalue weighted by atomic mass is 10.1. The minimum Gasteiger partial charge on any atom is -0.356 e. The molecule has 0 aliphatic carbocycles. The number of amides is 2. The monoisotopic (exact) mass is 320 g/mol. The Kier molecular flexibility index (Phi) is 6.31. The first-order valence-corrected chi connectivity index (χ1v) is 8.86. The fourth-order valence-corrected chi connectivity index (χ4v) is 3.47. The quantitative estimate of drug-likeness (QED) is 0.784. The van der Waals surface area contributed by atoms with E-state index in [1.54, 1.807) is 11.9 Å². The van der Waals surface area contributed by atoms with Gasteiger partial charge in [-0.15, -0.1) is 0 Å². The van der Waals surface area contributed by atoms with Gasteiger partial charge >= 0.3 is 0 Å². The summed E-state index contributed by atoms with van der Waals surface area (Å²) < 4.78 is 0. The number of nitrogens with zero attached hydrogens (tertiary/aromatic N) is 1. The molecule has 1 heterocycles. The van der Waals surface area contributed by atoms with E-state index >= 15 is 0 Å². The summed E-state index contributed by atoms with van der Waals surface area (Å²) >= 11 is 1.89. The van der Waals surface area contributed by atoms with E-state index in [1.807, 2.05) is 11.8 Å². The first-order valence-electron chi connectivity index (χ1n) is 7.71. The highest BCUT2D eigenvalue weighted by Crippen LogP contribution is 2.16. The zero-order valence-corrected chi connectivity index (χ0v) is 14.1. The average molecular weight is 320 g/mol. The highest BCUT2D eigenvalue weighted by atomic mass is 32.2. The van der Waals surface area contributed by atoms with Crippen molar-refractivity contribution in [2.45, 2.75) is 25.5 Å². The summed E-state index contributed by atoms with van der Waals surface area (Å²) in [5, 5.41) is 2.94. The molecule has 0 saturated carbocycles. The standard InChI is InChI=1S/C17H24N2O2S/c1-13-5-3-6-14(9-13)12-22-8-4-7-18-17(21)15-10-16(20)19(2)11-15/h3,5-6,9,15H,4,7-8,10-12H2,1-2H3,(H,18,21)/t15-/m1/s1. The van der Waals surface area contributed by atoms with Crippen molar-refractivity contribution in [3.05, 3.63) is 35.4 Å². The van der Waals surface area contributed by atoms with Crippen molar-refractivity contribution in [2.24, 2.45) is 5.92 Å². The second-order valence-corrected chi connectivity index (χ2v) is 6.97. The highest BCUT2D eigenvalue weighted by molar-refractivity contribution is 7.98. The second kappa shape index (κ2) is 8.22. The molecule has 5 heteroatoms. The second-order valence-electron chi connectivity index (χ2n) is 5.86. The average Bonchev–Trinajstić information content (AvgIpc) is 2.82. The van der Waals surface area contributed by atoms with Crippen LogP contribution in [0.2, 0.25) is 0 Å². The van der Waals surface area contributed by atoms with Gasteiger partial charge in [-0.1, -0.05) is 29.8 Å². The number of hydrogen-bond donors (Lipinski definition) is 1. The van der Waals surface area contributed by atoms with Crippen LogP contribution in [0.4, 0.5) is 0 Å². The maximum Gasteiger partial charge on any atom is 0.225 e. The Morgan fingerprint density at radius 3 is 2.95 bits per heavy atom. The molecule has 1 aromatic carbocycles. The first kappa shape index (κ1) is 16.9. The van der Waals surface area contributed by atoms with Crippen LogP contribution in [0.15, 0.2) is 24.3 Å². The van der Waals surface area contributed by atoms with E-state index < -0.39 is 0 Å². The van der Waals surface area contributed by atoms with Crippen molar-refractivity contribution in [1.29, 1.82) is 0 Å². The van der Waals surface area contributed by atoms with Crippen LogP contribution in [0.25, 0.3) is 0 Å². The van der Waals surface area contributed by atoms with Gasteiger partial charge in [0.15, 0.2) is 0 Å². The van der Waals surface area contributed by atoms with Gasteiger partial charge in [-0.2, -0.15) is 11.8 Å². The Labute approximate surface area is 136 Å². The molecule has 1 aromatic rings. The van der Waals surface area contributed by atoms with E-state index in [0.29, 0.717) is 19.5 Å². The third-order valence-electron chi connectivity index (χ3n) is 3.83. The number of carbonyl (C=O) groups is 2. The number of hydrogen-bond acceptors (Lipinski definition) is 3. The zero-order chi connectivity index (χ0) is 15.9. The van der Waals surface area contributed by atoms with E-state index in [-0.39, 0.29) is 17.7 Å². The zero-order valence-electron chi connectivity index (χ0n) is 13.3. The summed E-state index contributed by atoms with van der Waals surface area (Å²) in [6.07, 6.45) is 1.31. The van der Waals surface area contributed by atoms with Crippen molar-refractivity contribution in [3.8, 4) is 0 Å². The van der Waals surface area contributed by atoms with Gasteiger partial charge in [0.05, 0.1) is 5.92 Å². The summed E-state index contributed by atoms with van der Waals surface area (Å²) in [5.74, 6) is 1.95. The van der Waals surface area contributed by atoms with Gasteiger partial charge in [0, 0.05) is 32.3 Å². The predicted octanol–water partition coefficient (Wildman–Crippen LogP) is 2.21. The van der Waals surface area contributed by atoms with E-state index in [0.717, 1.165) is 17.9 Å². The summed E-state index contributed by atoms with van der Waals surface area (Å²) in [4.78, 5) is 25.0. The molecular weight excluding hydrogens is 296 g/mol. The van der Waals surface area contributed by atoms with E-state index in [1.165, 1.54) is 11.1 Å². The SMILES string of the molecule is Cc1cccc(CSCCCNC(=O)[C@@H]2CC(=O)N(C)C2)c1. The maximum atomic E-state index is 11.9. The molecule has 1 aliphatic heterocycles. The third-order valence-corrected chi connectivity index (χ3v) is 4.94. The number of thioether (sulfide) groups is 1. The minimum absolute atomic E-state index is 0.0152. The summed E-state index contributed by atoms with van der Waals surface area (Å²) in [5.41, 5.74) is 2.64. The first-order chi connectivity index (χ1) is 10.6. The molecule has 2 rings (SSSR count). The number of rotatable bonds is 7. The number of nitrogens with one attached hydrogen (secondary N) is 1. The lowest BCUT2D eigenvalue weighted by molar-refractivity contribution is -0.128. The molecule has 1 saturated heterocycles. The van der Waals surface area contributed by atoms with Crippen LogP contribution in [0, 0.1) is 12.8 Å². The summed E-state index contributed by atoms with van der Waals surface area (Å²) in [6.45, 7) is 3.34. The molecule has 1 fully saturated rings. The van der Waals surface area contributed by atoms with E-state index in [4.69, 9.17) is 0 Å². The molecule has 1 atom stereocenters. The van der Waals surface area contributed by atoms with Gasteiger partial charge in [-0.25, -0.2) is 0 Å². The Bertz CT molecular complexity index is 533. The molecular formula is C17H24N2O2S. The molecule has 0 aromatic heterocycles. The van der Waals surface area contributed by atoms with Crippen LogP contribution in [-0.4, -0.2) is 42.6 Å². The van der Waals surface area contributed by atoms with Crippen LogP contribution >= 0.6 is 11.8 Å². The van der Waals surface area contributed by atoms with Gasteiger partial charge in [-0.05, 0) is 24.7 Å². The summed E-state index contributed by atoms with van der Waals surface area (Å²) in [7, 11) is 1.75. The highest BCUT2D eigenvalue weighted by Gasteiger charge is 2.31. The van der Waals surface area contributed by atoms with Crippen LogP contribution in [0.3, 0.4) is 0 Å². The Morgan fingerprint density at radius 1 is 1.45 bits per heavy atom. The van der Waals surface area contributed by atoms with Gasteiger partial charge in [-0.3, -0.25) is 9.59 Å². The van der Waals surface area contributed by atoms with Crippen LogP contribution in [-0.2, 0) is 15.3 Å². The maximum absolute atomic E-state index is 11.9. The number of aryl methyl sites for hydroxylation is 1. The molecule has 4 nitrogen and oxygen atoms in total. The van der Waals surface area contributed by atoms with E-state index in [2.05, 4.69) is 36.5 Å². The Morgan fingerprint density at radius 2 is 2.27 bits per heavy atom. The van der Waals surface area contributed by atoms with Crippen molar-refractivity contribution in [3.63, 3.8) is 0 Å². The molecule has 1 aliphatic rings. The molecule has 0 spiro atoms. The molecule has 22 heavy (non-hydrogen) atoms. The predicted molar refractivity (Wildman–Crippen MR) is 90.7 cm³/mol. The van der Waals surface area contributed by atoms with Crippen LogP contribution < -0.4 is 5.32 Å². The van der Waals surface area contributed by atoms with Crippen molar-refractivity contribution < 1.29 is 9.59 Å². The molecule has 1 N–H and O–H groups in total. The number of likely N-dealkylation sites (tertiary alicyclic amines) is 1. The smallest absolute Gasteiger partial charge is 0.225 e. The number of benzene rings is 1. The Balaban J connectivity index is 1.56. The number of carbonyl (C=O) groups excluding carboxylic acids is 2. The summed E-state index contributed by atoms with van der Waals surface area (Å²) in [6, 6.07) is 8.55. The van der Waals surface area contributed by atoms with Crippen LogP contribution in [0.1, 0.15) is 24.0 Å². The lowest BCUT2D eigenvalue weighted by Crippen LogP contribution is -2.33. The largest absolute Gasteiger partial charge is 0.356 e. The van der Waals surface area contributed by atoms with Gasteiger partial charge < -0.3 is 10.2 Å².